The smallest absolute Gasteiger partial charge is 0.300 e. The lowest BCUT2D eigenvalue weighted by Gasteiger charge is -2.38. The van der Waals surface area contributed by atoms with E-state index in [1.165, 1.54) is 17.6 Å². The molecule has 4 aromatic rings. The number of hydrogen-bond acceptors (Lipinski definition) is 12. The predicted molar refractivity (Wildman–Crippen MR) is 163 cm³/mol. The van der Waals surface area contributed by atoms with Gasteiger partial charge in [0.1, 0.15) is 18.1 Å². The molecule has 0 bridgehead atoms. The third kappa shape index (κ3) is 6.36. The van der Waals surface area contributed by atoms with Crippen LogP contribution in [0.2, 0.25) is 0 Å². The zero-order chi connectivity index (χ0) is 29.2. The number of ether oxygens (including phenoxy) is 3. The summed E-state index contributed by atoms with van der Waals surface area (Å²) in [7, 11) is 0. The molecule has 0 atom stereocenters. The van der Waals surface area contributed by atoms with Crippen LogP contribution in [0.15, 0.2) is 45.9 Å². The van der Waals surface area contributed by atoms with E-state index in [4.69, 9.17) is 33.0 Å². The summed E-state index contributed by atoms with van der Waals surface area (Å²) in [5.41, 5.74) is 2.80. The highest BCUT2D eigenvalue weighted by Crippen LogP contribution is 2.39. The maximum Gasteiger partial charge on any atom is 0.300 e. The summed E-state index contributed by atoms with van der Waals surface area (Å²) in [6.45, 7) is 7.93. The lowest BCUT2D eigenvalue weighted by Crippen LogP contribution is -2.46. The fourth-order valence-electron chi connectivity index (χ4n) is 6.06. The van der Waals surface area contributed by atoms with Crippen molar-refractivity contribution >= 4 is 46.9 Å². The van der Waals surface area contributed by atoms with Crippen LogP contribution in [0.4, 0.5) is 17.4 Å². The van der Waals surface area contributed by atoms with Crippen molar-refractivity contribution in [3.05, 3.63) is 48.4 Å². The fraction of sp³-hybridized carbons (Fsp3) is 0.500. The van der Waals surface area contributed by atoms with Crippen LogP contribution < -0.4 is 14.5 Å². The number of fused-ring (bicyclic) bond motifs is 1. The van der Waals surface area contributed by atoms with Gasteiger partial charge in [0.05, 0.1) is 32.1 Å². The molecule has 0 unspecified atom stereocenters. The van der Waals surface area contributed by atoms with Gasteiger partial charge >= 0.3 is 0 Å². The number of halogens is 1. The molecule has 6 heterocycles. The van der Waals surface area contributed by atoms with Gasteiger partial charge in [-0.25, -0.2) is 4.98 Å². The van der Waals surface area contributed by atoms with E-state index in [-0.39, 0.29) is 24.2 Å². The van der Waals surface area contributed by atoms with E-state index in [1.54, 1.807) is 18.3 Å². The van der Waals surface area contributed by atoms with E-state index in [2.05, 4.69) is 14.9 Å². The summed E-state index contributed by atoms with van der Waals surface area (Å²) in [4.78, 5) is 38.1. The summed E-state index contributed by atoms with van der Waals surface area (Å²) in [5.74, 6) is -0.0789. The highest BCUT2D eigenvalue weighted by atomic mass is 35.5. The third-order valence-corrected chi connectivity index (χ3v) is 8.32. The Morgan fingerprint density at radius 3 is 2.43 bits per heavy atom. The van der Waals surface area contributed by atoms with Crippen molar-refractivity contribution < 1.29 is 27.8 Å². The van der Waals surface area contributed by atoms with Crippen LogP contribution in [-0.2, 0) is 9.47 Å². The fourth-order valence-corrected chi connectivity index (χ4v) is 6.06. The van der Waals surface area contributed by atoms with Crippen LogP contribution in [0.5, 0.6) is 5.88 Å². The van der Waals surface area contributed by atoms with Crippen molar-refractivity contribution in [3.63, 3.8) is 0 Å². The van der Waals surface area contributed by atoms with Crippen molar-refractivity contribution in [2.45, 2.75) is 44.8 Å². The van der Waals surface area contributed by atoms with Gasteiger partial charge in [-0.3, -0.25) is 19.6 Å². The minimum atomic E-state index is -0.394. The standard InChI is InChI=1S/C30H35N7O6.ClH/c1-20-16-22(6-7-31-20)37(29(38)24-18-41-19-32-24)25-17-26-27(34-30(43-26)36-10-14-40-15-11-36)33-28(25)42-23-4-2-21(3-5-23)35-8-12-39-13-9-35;/h6-7,16-19,21,23H,2-5,8-15H2,1H3;1H. The van der Waals surface area contributed by atoms with E-state index in [0.29, 0.717) is 66.8 Å². The Kier molecular flexibility index (Phi) is 9.26. The van der Waals surface area contributed by atoms with Crippen molar-refractivity contribution in [2.24, 2.45) is 0 Å². The van der Waals surface area contributed by atoms with Crippen LogP contribution in [0.25, 0.3) is 11.2 Å². The van der Waals surface area contributed by atoms with Crippen molar-refractivity contribution in [3.8, 4) is 5.88 Å². The maximum atomic E-state index is 14.0. The second-order valence-electron chi connectivity index (χ2n) is 11.1. The number of amides is 1. The van der Waals surface area contributed by atoms with E-state index in [0.717, 1.165) is 57.7 Å². The van der Waals surface area contributed by atoms with Gasteiger partial charge in [-0.05, 0) is 44.7 Å². The molecule has 4 aromatic heterocycles. The van der Waals surface area contributed by atoms with Crippen molar-refractivity contribution in [1.29, 1.82) is 0 Å². The monoisotopic (exact) mass is 625 g/mol. The van der Waals surface area contributed by atoms with Gasteiger partial charge in [-0.1, -0.05) is 0 Å². The lowest BCUT2D eigenvalue weighted by atomic mass is 9.91. The van der Waals surface area contributed by atoms with Gasteiger partial charge in [-0.2, -0.15) is 9.97 Å². The van der Waals surface area contributed by atoms with E-state index in [1.807, 2.05) is 17.9 Å². The largest absolute Gasteiger partial charge is 0.473 e. The third-order valence-electron chi connectivity index (χ3n) is 8.32. The zero-order valence-electron chi connectivity index (χ0n) is 24.6. The molecular weight excluding hydrogens is 590 g/mol. The number of aryl methyl sites for hydroxylation is 1. The number of oxazole rings is 2. The number of morpholine rings is 2. The Balaban J connectivity index is 0.00000343. The average molecular weight is 626 g/mol. The molecule has 44 heavy (non-hydrogen) atoms. The molecule has 1 saturated carbocycles. The highest BCUT2D eigenvalue weighted by molar-refractivity contribution is 6.11. The van der Waals surface area contributed by atoms with Gasteiger partial charge in [0.2, 0.25) is 11.5 Å². The van der Waals surface area contributed by atoms with E-state index in [9.17, 15) is 4.79 Å². The van der Waals surface area contributed by atoms with Gasteiger partial charge in [0.25, 0.3) is 11.9 Å². The molecule has 0 N–H and O–H groups in total. The summed E-state index contributed by atoms with van der Waals surface area (Å²) in [6.07, 6.45) is 7.98. The SMILES string of the molecule is Cc1cc(N(C(=O)c2cocn2)c2cc3oc(N4CCOCC4)nc3nc2OC2CCC(N3CCOCC3)CC2)ccn1.Cl. The molecule has 1 amide bonds. The maximum absolute atomic E-state index is 14.0. The van der Waals surface area contributed by atoms with Crippen molar-refractivity contribution in [2.75, 3.05) is 62.4 Å². The van der Waals surface area contributed by atoms with E-state index < -0.39 is 5.91 Å². The first-order chi connectivity index (χ1) is 21.1. The number of anilines is 3. The minimum Gasteiger partial charge on any atom is -0.473 e. The van der Waals surface area contributed by atoms with Crippen LogP contribution in [0.1, 0.15) is 41.9 Å². The van der Waals surface area contributed by atoms with Crippen molar-refractivity contribution in [1.82, 2.24) is 24.8 Å². The Labute approximate surface area is 260 Å². The Bertz CT molecular complexity index is 1550. The first kappa shape index (κ1) is 30.3. The second kappa shape index (κ2) is 13.5. The second-order valence-corrected chi connectivity index (χ2v) is 11.1. The van der Waals surface area contributed by atoms with E-state index >= 15 is 0 Å². The number of hydrogen-bond donors (Lipinski definition) is 0. The minimum absolute atomic E-state index is 0. The summed E-state index contributed by atoms with van der Waals surface area (Å²) < 4.78 is 29.1. The Morgan fingerprint density at radius 1 is 0.977 bits per heavy atom. The quantitative estimate of drug-likeness (QED) is 0.292. The average Bonchev–Trinajstić information content (AvgIpc) is 3.73. The molecule has 0 aromatic carbocycles. The number of aromatic nitrogens is 4. The normalized spacial score (nSPS) is 21.2. The topological polar surface area (TPSA) is 132 Å². The summed E-state index contributed by atoms with van der Waals surface area (Å²) >= 11 is 0. The molecule has 3 aliphatic rings. The summed E-state index contributed by atoms with van der Waals surface area (Å²) in [5, 5.41) is 0. The number of nitrogens with zero attached hydrogens (tertiary/aromatic N) is 7. The molecular formula is C30H36ClN7O6. The molecule has 13 nitrogen and oxygen atoms in total. The highest BCUT2D eigenvalue weighted by Gasteiger charge is 2.32. The summed E-state index contributed by atoms with van der Waals surface area (Å²) in [6, 6.07) is 6.37. The van der Waals surface area contributed by atoms with Gasteiger partial charge in [0, 0.05) is 50.2 Å². The molecule has 14 heteroatoms. The molecule has 7 rings (SSSR count). The Morgan fingerprint density at radius 2 is 1.73 bits per heavy atom. The van der Waals surface area contributed by atoms with Crippen LogP contribution in [-0.4, -0.2) is 95.5 Å². The molecule has 3 fully saturated rings. The molecule has 0 spiro atoms. The molecule has 2 saturated heterocycles. The Hall–Kier alpha value is -3.78. The number of carbonyl (C=O) groups is 1. The van der Waals surface area contributed by atoms with Gasteiger partial charge in [-0.15, -0.1) is 12.4 Å². The molecule has 1 aliphatic carbocycles. The number of pyridine rings is 2. The van der Waals surface area contributed by atoms with Crippen LogP contribution in [0.3, 0.4) is 0 Å². The van der Waals surface area contributed by atoms with Crippen LogP contribution in [0, 0.1) is 6.92 Å². The lowest BCUT2D eigenvalue weighted by molar-refractivity contribution is -0.00132. The molecule has 2 aliphatic heterocycles. The van der Waals surface area contributed by atoms with Gasteiger partial charge < -0.3 is 27.9 Å². The first-order valence-corrected chi connectivity index (χ1v) is 14.9. The molecule has 234 valence electrons. The van der Waals surface area contributed by atoms with Crippen LogP contribution >= 0.6 is 12.4 Å². The molecule has 0 radical (unpaired) electrons. The predicted octanol–water partition coefficient (Wildman–Crippen LogP) is 4.17. The first-order valence-electron chi connectivity index (χ1n) is 14.9. The number of rotatable bonds is 7. The number of carbonyl (C=O) groups excluding carboxylic acids is 1. The zero-order valence-corrected chi connectivity index (χ0v) is 25.4. The van der Waals surface area contributed by atoms with Gasteiger partial charge in [0.15, 0.2) is 17.7 Å².